The molecule has 2 atom stereocenters. The monoisotopic (exact) mass is 281 g/mol. The van der Waals surface area contributed by atoms with Crippen molar-refractivity contribution < 1.29 is 9.53 Å². The molecule has 0 spiro atoms. The second-order valence-electron chi connectivity index (χ2n) is 4.67. The van der Waals surface area contributed by atoms with Crippen LogP contribution in [0.2, 0.25) is 0 Å². The summed E-state index contributed by atoms with van der Waals surface area (Å²) in [6.07, 6.45) is 1.29. The molecule has 1 saturated heterocycles. The largest absolute Gasteiger partial charge is 0.399 e. The molecule has 1 aromatic rings. The van der Waals surface area contributed by atoms with Gasteiger partial charge in [0.05, 0.1) is 6.10 Å². The number of nitrogens with two attached hydrogens (primary N) is 2. The summed E-state index contributed by atoms with van der Waals surface area (Å²) >= 11 is 1.71. The van der Waals surface area contributed by atoms with E-state index in [0.717, 1.165) is 29.2 Å². The first-order chi connectivity index (χ1) is 9.10. The van der Waals surface area contributed by atoms with Gasteiger partial charge in [-0.05, 0) is 37.5 Å². The second-order valence-corrected chi connectivity index (χ2v) is 5.73. The maximum absolute atomic E-state index is 11.3. The summed E-state index contributed by atoms with van der Waals surface area (Å²) in [5.74, 6) is 5.68. The quantitative estimate of drug-likeness (QED) is 0.254. The Morgan fingerprint density at radius 1 is 1.53 bits per heavy atom. The highest BCUT2D eigenvalue weighted by Crippen LogP contribution is 2.29. The molecule has 5 N–H and O–H groups in total. The van der Waals surface area contributed by atoms with Gasteiger partial charge in [-0.3, -0.25) is 10.2 Å². The molecule has 1 aliphatic rings. The van der Waals surface area contributed by atoms with E-state index in [-0.39, 0.29) is 12.0 Å². The SMILES string of the molecule is Cc1ccc(N)cc1SCC1CCC(C(=O)NN)O1. The second kappa shape index (κ2) is 6.27. The average molecular weight is 281 g/mol. The number of aryl methyl sites for hydroxylation is 1. The van der Waals surface area contributed by atoms with E-state index >= 15 is 0 Å². The topological polar surface area (TPSA) is 90.4 Å². The van der Waals surface area contributed by atoms with E-state index in [0.29, 0.717) is 0 Å². The van der Waals surface area contributed by atoms with Crippen LogP contribution in [0.1, 0.15) is 18.4 Å². The average Bonchev–Trinajstić information content (AvgIpc) is 2.88. The highest BCUT2D eigenvalue weighted by atomic mass is 32.2. The fraction of sp³-hybridized carbons (Fsp3) is 0.462. The number of anilines is 1. The number of nitrogen functional groups attached to an aromatic ring is 1. The minimum atomic E-state index is -0.405. The lowest BCUT2D eigenvalue weighted by Crippen LogP contribution is -2.39. The van der Waals surface area contributed by atoms with Crippen LogP contribution in [0.3, 0.4) is 0 Å². The minimum Gasteiger partial charge on any atom is -0.399 e. The molecule has 2 rings (SSSR count). The van der Waals surface area contributed by atoms with Crippen molar-refractivity contribution in [1.29, 1.82) is 0 Å². The molecule has 0 radical (unpaired) electrons. The molecule has 1 aliphatic heterocycles. The zero-order valence-corrected chi connectivity index (χ0v) is 11.7. The van der Waals surface area contributed by atoms with Crippen LogP contribution >= 0.6 is 11.8 Å². The molecule has 1 heterocycles. The number of hydrogen-bond donors (Lipinski definition) is 3. The number of hydrazine groups is 1. The molecule has 1 amide bonds. The summed E-state index contributed by atoms with van der Waals surface area (Å²) in [6.45, 7) is 2.06. The molecular weight excluding hydrogens is 262 g/mol. The number of benzene rings is 1. The molecule has 5 nitrogen and oxygen atoms in total. The number of carbonyl (C=O) groups excluding carboxylic acids is 1. The Labute approximate surface area is 117 Å². The Morgan fingerprint density at radius 3 is 3.05 bits per heavy atom. The van der Waals surface area contributed by atoms with Crippen LogP contribution in [-0.4, -0.2) is 23.9 Å². The predicted octanol–water partition coefficient (Wildman–Crippen LogP) is 1.21. The van der Waals surface area contributed by atoms with Gasteiger partial charge in [-0.1, -0.05) is 6.07 Å². The van der Waals surface area contributed by atoms with Crippen LogP contribution in [0.4, 0.5) is 5.69 Å². The van der Waals surface area contributed by atoms with Gasteiger partial charge >= 0.3 is 0 Å². The third-order valence-electron chi connectivity index (χ3n) is 3.18. The van der Waals surface area contributed by atoms with E-state index in [4.69, 9.17) is 16.3 Å². The van der Waals surface area contributed by atoms with Gasteiger partial charge in [0, 0.05) is 16.3 Å². The van der Waals surface area contributed by atoms with Gasteiger partial charge in [0.1, 0.15) is 6.10 Å². The summed E-state index contributed by atoms with van der Waals surface area (Å²) < 4.78 is 5.66. The number of ether oxygens (including phenoxy) is 1. The molecule has 1 aromatic carbocycles. The van der Waals surface area contributed by atoms with Crippen LogP contribution in [0.5, 0.6) is 0 Å². The van der Waals surface area contributed by atoms with Gasteiger partial charge in [-0.15, -0.1) is 11.8 Å². The lowest BCUT2D eigenvalue weighted by molar-refractivity contribution is -0.131. The molecular formula is C13H19N3O2S. The van der Waals surface area contributed by atoms with Crippen molar-refractivity contribution in [2.24, 2.45) is 5.84 Å². The summed E-state index contributed by atoms with van der Waals surface area (Å²) in [5, 5.41) is 0. The molecule has 0 aromatic heterocycles. The van der Waals surface area contributed by atoms with Crippen molar-refractivity contribution in [3.63, 3.8) is 0 Å². The van der Waals surface area contributed by atoms with Crippen molar-refractivity contribution >= 4 is 23.4 Å². The van der Waals surface area contributed by atoms with Gasteiger partial charge in [-0.2, -0.15) is 0 Å². The molecule has 2 unspecified atom stereocenters. The van der Waals surface area contributed by atoms with Gasteiger partial charge in [0.25, 0.3) is 5.91 Å². The number of amides is 1. The third kappa shape index (κ3) is 3.62. The van der Waals surface area contributed by atoms with E-state index in [9.17, 15) is 4.79 Å². The maximum atomic E-state index is 11.3. The summed E-state index contributed by atoms with van der Waals surface area (Å²) in [7, 11) is 0. The zero-order valence-electron chi connectivity index (χ0n) is 10.9. The van der Waals surface area contributed by atoms with E-state index < -0.39 is 6.10 Å². The molecule has 0 bridgehead atoms. The van der Waals surface area contributed by atoms with Gasteiger partial charge in [0.2, 0.25) is 0 Å². The summed E-state index contributed by atoms with van der Waals surface area (Å²) in [5.41, 5.74) is 9.88. The number of carbonyl (C=O) groups is 1. The van der Waals surface area contributed by atoms with E-state index in [2.05, 4.69) is 12.3 Å². The first-order valence-electron chi connectivity index (χ1n) is 6.25. The number of nitrogens with one attached hydrogen (secondary N) is 1. The molecule has 1 fully saturated rings. The molecule has 0 saturated carbocycles. The van der Waals surface area contributed by atoms with E-state index in [1.165, 1.54) is 5.56 Å². The fourth-order valence-corrected chi connectivity index (χ4v) is 3.19. The molecule has 104 valence electrons. The summed E-state index contributed by atoms with van der Waals surface area (Å²) in [4.78, 5) is 12.5. The standard InChI is InChI=1S/C13H19N3O2S/c1-8-2-3-9(14)6-12(8)19-7-10-4-5-11(18-10)13(17)16-15/h2-3,6,10-11H,4-5,7,14-15H2,1H3,(H,16,17). The van der Waals surface area contributed by atoms with Crippen LogP contribution in [-0.2, 0) is 9.53 Å². The van der Waals surface area contributed by atoms with Gasteiger partial charge in [0.15, 0.2) is 0 Å². The first kappa shape index (κ1) is 14.2. The minimum absolute atomic E-state index is 0.0909. The Bertz CT molecular complexity index is 467. The van der Waals surface area contributed by atoms with Gasteiger partial charge < -0.3 is 10.5 Å². The maximum Gasteiger partial charge on any atom is 0.263 e. The smallest absolute Gasteiger partial charge is 0.263 e. The third-order valence-corrected chi connectivity index (χ3v) is 4.47. The number of hydrogen-bond acceptors (Lipinski definition) is 5. The van der Waals surface area contributed by atoms with Crippen molar-refractivity contribution in [2.75, 3.05) is 11.5 Å². The van der Waals surface area contributed by atoms with Crippen molar-refractivity contribution in [3.05, 3.63) is 23.8 Å². The lowest BCUT2D eigenvalue weighted by Gasteiger charge is -2.13. The molecule has 0 aliphatic carbocycles. The number of rotatable bonds is 4. The molecule has 19 heavy (non-hydrogen) atoms. The van der Waals surface area contributed by atoms with Crippen LogP contribution in [0, 0.1) is 6.92 Å². The van der Waals surface area contributed by atoms with Crippen LogP contribution in [0.25, 0.3) is 0 Å². The van der Waals surface area contributed by atoms with Crippen LogP contribution < -0.4 is 17.0 Å². The highest BCUT2D eigenvalue weighted by molar-refractivity contribution is 7.99. The molecule has 6 heteroatoms. The van der Waals surface area contributed by atoms with Crippen LogP contribution in [0.15, 0.2) is 23.1 Å². The zero-order chi connectivity index (χ0) is 13.8. The van der Waals surface area contributed by atoms with Gasteiger partial charge in [-0.25, -0.2) is 5.84 Å². The predicted molar refractivity (Wildman–Crippen MR) is 76.5 cm³/mol. The van der Waals surface area contributed by atoms with Crippen molar-refractivity contribution in [2.45, 2.75) is 36.9 Å². The fourth-order valence-electron chi connectivity index (χ4n) is 2.07. The Kier molecular flexibility index (Phi) is 4.68. The Balaban J connectivity index is 1.87. The lowest BCUT2D eigenvalue weighted by atomic mass is 10.2. The van der Waals surface area contributed by atoms with E-state index in [1.807, 2.05) is 18.2 Å². The Hall–Kier alpha value is -1.24. The number of thioether (sulfide) groups is 1. The highest BCUT2D eigenvalue weighted by Gasteiger charge is 2.30. The van der Waals surface area contributed by atoms with Crippen molar-refractivity contribution in [1.82, 2.24) is 5.43 Å². The first-order valence-corrected chi connectivity index (χ1v) is 7.23. The van der Waals surface area contributed by atoms with Crippen molar-refractivity contribution in [3.8, 4) is 0 Å². The Morgan fingerprint density at radius 2 is 2.32 bits per heavy atom. The normalized spacial score (nSPS) is 22.4. The summed E-state index contributed by atoms with van der Waals surface area (Å²) in [6, 6.07) is 5.88. The van der Waals surface area contributed by atoms with E-state index in [1.54, 1.807) is 11.8 Å².